The van der Waals surface area contributed by atoms with Gasteiger partial charge >= 0.3 is 6.01 Å². The lowest BCUT2D eigenvalue weighted by Gasteiger charge is -2.36. The number of nitrogens with zero attached hydrogens (tertiary/aromatic N) is 5. The van der Waals surface area contributed by atoms with Crippen molar-refractivity contribution in [1.82, 2.24) is 14.9 Å². The minimum atomic E-state index is -1.23. The Hall–Kier alpha value is -4.00. The van der Waals surface area contributed by atoms with Gasteiger partial charge in [0.1, 0.15) is 34.3 Å². The molecule has 1 saturated carbocycles. The first-order valence-electron chi connectivity index (χ1n) is 19.8. The van der Waals surface area contributed by atoms with Gasteiger partial charge in [0.15, 0.2) is 5.83 Å². The molecule has 0 amide bonds. The van der Waals surface area contributed by atoms with Gasteiger partial charge in [-0.2, -0.15) is 9.97 Å². The molecule has 3 fully saturated rings. The number of rotatable bonds is 10. The monoisotopic (exact) mass is 761 g/mol. The molecule has 55 heavy (non-hydrogen) atoms. The second-order valence-corrected chi connectivity index (χ2v) is 16.6. The van der Waals surface area contributed by atoms with E-state index in [-0.39, 0.29) is 47.6 Å². The zero-order chi connectivity index (χ0) is 39.3. The third-order valence-electron chi connectivity index (χ3n) is 11.7. The summed E-state index contributed by atoms with van der Waals surface area (Å²) < 4.78 is 60.2. The lowest BCUT2D eigenvalue weighted by molar-refractivity contribution is -0.0123. The van der Waals surface area contributed by atoms with E-state index in [0.29, 0.717) is 103 Å². The minimum absolute atomic E-state index is 0.00635. The van der Waals surface area contributed by atoms with Crippen molar-refractivity contribution in [2.75, 3.05) is 57.4 Å². The Kier molecular flexibility index (Phi) is 10.8. The summed E-state index contributed by atoms with van der Waals surface area (Å²) in [5.41, 5.74) is -0.366. The van der Waals surface area contributed by atoms with E-state index >= 15 is 8.78 Å². The summed E-state index contributed by atoms with van der Waals surface area (Å²) >= 11 is 0. The largest absolute Gasteiger partial charge is 0.508 e. The topological polar surface area (TPSA) is 104 Å². The van der Waals surface area contributed by atoms with Gasteiger partial charge < -0.3 is 29.5 Å². The van der Waals surface area contributed by atoms with Crippen LogP contribution in [0.15, 0.2) is 35.3 Å². The number of phenols is 1. The maximum atomic E-state index is 18.0. The average molecular weight is 762 g/mol. The summed E-state index contributed by atoms with van der Waals surface area (Å²) in [6.45, 7) is 14.4. The van der Waals surface area contributed by atoms with Crippen molar-refractivity contribution in [3.8, 4) is 11.8 Å². The van der Waals surface area contributed by atoms with Gasteiger partial charge in [-0.05, 0) is 106 Å². The van der Waals surface area contributed by atoms with Gasteiger partial charge in [-0.15, -0.1) is 0 Å². The van der Waals surface area contributed by atoms with Gasteiger partial charge in [-0.1, -0.05) is 26.0 Å². The van der Waals surface area contributed by atoms with Crippen LogP contribution in [0.2, 0.25) is 0 Å². The van der Waals surface area contributed by atoms with E-state index in [0.717, 1.165) is 19.4 Å². The average Bonchev–Trinajstić information content (AvgIpc) is 3.94. The number of benzene rings is 2. The van der Waals surface area contributed by atoms with E-state index in [4.69, 9.17) is 24.4 Å². The van der Waals surface area contributed by atoms with Crippen LogP contribution < -0.4 is 9.64 Å². The highest BCUT2D eigenvalue weighted by Crippen LogP contribution is 2.50. The highest BCUT2D eigenvalue weighted by Gasteiger charge is 2.46. The Morgan fingerprint density at radius 3 is 2.49 bits per heavy atom. The zero-order valence-corrected chi connectivity index (χ0v) is 32.9. The molecule has 0 radical (unpaired) electrons. The molecule has 4 aliphatic rings. The van der Waals surface area contributed by atoms with Crippen molar-refractivity contribution < 1.29 is 32.9 Å². The van der Waals surface area contributed by atoms with Crippen LogP contribution in [0, 0.1) is 11.2 Å². The molecule has 3 aromatic rings. The highest BCUT2D eigenvalue weighted by molar-refractivity contribution is 6.51. The molecule has 0 spiro atoms. The van der Waals surface area contributed by atoms with Gasteiger partial charge in [-0.3, -0.25) is 4.99 Å². The normalized spacial score (nSPS) is 24.7. The number of halogens is 3. The van der Waals surface area contributed by atoms with Crippen LogP contribution in [0.25, 0.3) is 27.7 Å². The quantitative estimate of drug-likeness (QED) is 0.214. The molecule has 7 rings (SSSR count). The number of β-amino-alcohol motifs (C(OH)–C–C–N with tert-alkyl or cyclic N) is 1. The first-order valence-corrected chi connectivity index (χ1v) is 19.8. The van der Waals surface area contributed by atoms with Crippen molar-refractivity contribution in [3.63, 3.8) is 0 Å². The summed E-state index contributed by atoms with van der Waals surface area (Å²) in [6.07, 6.45) is 5.75. The minimum Gasteiger partial charge on any atom is -0.508 e. The Labute approximate surface area is 322 Å². The van der Waals surface area contributed by atoms with Crippen molar-refractivity contribution >= 4 is 39.3 Å². The van der Waals surface area contributed by atoms with Crippen molar-refractivity contribution in [2.24, 2.45) is 10.4 Å². The number of allylic oxidation sites excluding steroid dienone is 3. The Balaban J connectivity index is 1.41. The van der Waals surface area contributed by atoms with Crippen LogP contribution in [0.4, 0.5) is 19.0 Å². The molecule has 1 aromatic heterocycles. The van der Waals surface area contributed by atoms with E-state index in [9.17, 15) is 14.6 Å². The van der Waals surface area contributed by atoms with Crippen LogP contribution in [0.3, 0.4) is 0 Å². The molecule has 2 atom stereocenters. The van der Waals surface area contributed by atoms with Gasteiger partial charge in [0.25, 0.3) is 0 Å². The molecule has 2 unspecified atom stereocenters. The van der Waals surface area contributed by atoms with E-state index < -0.39 is 22.9 Å². The Morgan fingerprint density at radius 1 is 1.07 bits per heavy atom. The summed E-state index contributed by atoms with van der Waals surface area (Å²) in [7, 11) is 0. The number of aromatic hydroxyl groups is 1. The molecule has 2 N–H and O–H groups in total. The maximum absolute atomic E-state index is 18.0. The lowest BCUT2D eigenvalue weighted by atomic mass is 9.81. The first kappa shape index (κ1) is 39.2. The molecule has 0 bridgehead atoms. The summed E-state index contributed by atoms with van der Waals surface area (Å²) in [6, 6.07) is 5.78. The standard InChI is InChI=1S/C43H54F3N5O4/c1-7-26(4)47-37-30(9-3)35-38(36(45)34(37)31-21-28(52)20-27-10-11-32(44)29(8-2)33(27)31)48-40(49-39(35)51-18-19-54-24-42(6,53)22-51)55-25-43(12-13-43)23-50-16-14-41(5,46)15-17-50/h9-11,20-21,26,52-53H,7-8,12-19,22-25H2,1-6H3/b30-9-,47-37?. The second kappa shape index (κ2) is 15.2. The molecule has 2 aromatic carbocycles. The van der Waals surface area contributed by atoms with E-state index in [1.54, 1.807) is 26.0 Å². The number of aliphatic hydroxyl groups is 1. The number of ether oxygens (including phenoxy) is 2. The van der Waals surface area contributed by atoms with Gasteiger partial charge in [-0.25, -0.2) is 13.2 Å². The zero-order valence-electron chi connectivity index (χ0n) is 32.9. The molecule has 296 valence electrons. The SMILES string of the molecule is C/C=C1\C(=NC(C)CC)C(c2cc(O)cc3ccc(F)c(CC)c23)=C(F)c2nc(OCC3(CN4CCC(C)(F)CC4)CC3)nc(N3CCOCC(C)(O)C3)c21. The summed E-state index contributed by atoms with van der Waals surface area (Å²) in [5, 5.41) is 23.4. The number of hydrogen-bond donors (Lipinski definition) is 2. The van der Waals surface area contributed by atoms with Gasteiger partial charge in [0, 0.05) is 48.8 Å². The number of aliphatic imine (C=N–C) groups is 1. The lowest BCUT2D eigenvalue weighted by Crippen LogP contribution is -2.43. The van der Waals surface area contributed by atoms with Crippen LogP contribution in [0.5, 0.6) is 11.8 Å². The predicted octanol–water partition coefficient (Wildman–Crippen LogP) is 8.10. The Morgan fingerprint density at radius 2 is 1.82 bits per heavy atom. The van der Waals surface area contributed by atoms with Crippen LogP contribution >= 0.6 is 0 Å². The molecule has 9 nitrogen and oxygen atoms in total. The number of aromatic nitrogens is 2. The molecular weight excluding hydrogens is 707 g/mol. The fraction of sp³-hybridized carbons (Fsp3) is 0.558. The van der Waals surface area contributed by atoms with Gasteiger partial charge in [0.2, 0.25) is 0 Å². The number of phenolic OH excluding ortho intramolecular Hbond substituents is 1. The van der Waals surface area contributed by atoms with Gasteiger partial charge in [0.05, 0.1) is 37.6 Å². The molecule has 2 aliphatic carbocycles. The maximum Gasteiger partial charge on any atom is 0.319 e. The number of hydrogen-bond acceptors (Lipinski definition) is 9. The number of aryl methyl sites for hydroxylation is 1. The molecular formula is C43H54F3N5O4. The predicted molar refractivity (Wildman–Crippen MR) is 212 cm³/mol. The van der Waals surface area contributed by atoms with Crippen molar-refractivity contribution in [3.05, 3.63) is 58.5 Å². The number of anilines is 1. The van der Waals surface area contributed by atoms with E-state index in [1.807, 2.05) is 38.7 Å². The number of alkyl halides is 1. The fourth-order valence-electron chi connectivity index (χ4n) is 8.20. The first-order chi connectivity index (χ1) is 26.2. The van der Waals surface area contributed by atoms with E-state index in [2.05, 4.69) is 4.90 Å². The Bertz CT molecular complexity index is 2050. The highest BCUT2D eigenvalue weighted by atomic mass is 19.1. The van der Waals surface area contributed by atoms with Crippen molar-refractivity contribution in [2.45, 2.75) is 97.4 Å². The van der Waals surface area contributed by atoms with Crippen LogP contribution in [0.1, 0.15) is 96.0 Å². The van der Waals surface area contributed by atoms with Crippen LogP contribution in [-0.4, -0.2) is 101 Å². The fourth-order valence-corrected chi connectivity index (χ4v) is 8.20. The third-order valence-corrected chi connectivity index (χ3v) is 11.7. The smallest absolute Gasteiger partial charge is 0.319 e. The van der Waals surface area contributed by atoms with Crippen LogP contribution in [-0.2, 0) is 11.2 Å². The van der Waals surface area contributed by atoms with E-state index in [1.165, 1.54) is 12.1 Å². The third kappa shape index (κ3) is 8.00. The molecule has 2 aliphatic heterocycles. The number of likely N-dealkylation sites (tertiary alicyclic amines) is 1. The summed E-state index contributed by atoms with van der Waals surface area (Å²) in [4.78, 5) is 19.1. The molecule has 12 heteroatoms. The van der Waals surface area contributed by atoms with Crippen molar-refractivity contribution in [1.29, 1.82) is 0 Å². The molecule has 2 saturated heterocycles. The number of piperidine rings is 1. The second-order valence-electron chi connectivity index (χ2n) is 16.6. The molecule has 3 heterocycles. The number of fused-ring (bicyclic) bond motifs is 2. The summed E-state index contributed by atoms with van der Waals surface area (Å²) in [5.74, 6) is -0.824.